The molecule has 0 radical (unpaired) electrons. The fraction of sp³-hybridized carbons (Fsp3) is 0.333. The molecule has 116 valence electrons. The first-order valence-corrected chi connectivity index (χ1v) is 8.35. The molecule has 1 aliphatic rings. The third kappa shape index (κ3) is 3.43. The van der Waals surface area contributed by atoms with Crippen LogP contribution in [0.2, 0.25) is 5.02 Å². The SMILES string of the molecule is [NH3+]C[C@@H](c1ccccc1)[NH+]1CCN(c2cccc(Cl)c2)CC1. The molecule has 2 aromatic rings. The Hall–Kier alpha value is -1.55. The number of piperazine rings is 1. The van der Waals surface area contributed by atoms with Crippen molar-refractivity contribution in [1.29, 1.82) is 0 Å². The summed E-state index contributed by atoms with van der Waals surface area (Å²) in [7, 11) is 0. The lowest BCUT2D eigenvalue weighted by Crippen LogP contribution is -3.16. The summed E-state index contributed by atoms with van der Waals surface area (Å²) < 4.78 is 0. The Labute approximate surface area is 137 Å². The maximum atomic E-state index is 6.11. The Morgan fingerprint density at radius 2 is 1.77 bits per heavy atom. The van der Waals surface area contributed by atoms with Crippen molar-refractivity contribution in [3.8, 4) is 0 Å². The molecule has 1 atom stereocenters. The molecule has 3 rings (SSSR count). The lowest BCUT2D eigenvalue weighted by molar-refractivity contribution is -0.938. The van der Waals surface area contributed by atoms with Gasteiger partial charge in [-0.1, -0.05) is 48.0 Å². The molecule has 1 heterocycles. The van der Waals surface area contributed by atoms with E-state index < -0.39 is 0 Å². The topological polar surface area (TPSA) is 35.3 Å². The van der Waals surface area contributed by atoms with E-state index in [1.54, 1.807) is 4.90 Å². The summed E-state index contributed by atoms with van der Waals surface area (Å²) >= 11 is 6.11. The first-order valence-electron chi connectivity index (χ1n) is 7.97. The highest BCUT2D eigenvalue weighted by Gasteiger charge is 2.28. The van der Waals surface area contributed by atoms with Gasteiger partial charge in [0, 0.05) is 16.3 Å². The molecule has 3 nitrogen and oxygen atoms in total. The summed E-state index contributed by atoms with van der Waals surface area (Å²) in [4.78, 5) is 4.07. The van der Waals surface area contributed by atoms with Gasteiger partial charge in [0.25, 0.3) is 0 Å². The normalized spacial score (nSPS) is 17.5. The average molecular weight is 318 g/mol. The van der Waals surface area contributed by atoms with Gasteiger partial charge in [-0.15, -0.1) is 0 Å². The number of nitrogens with zero attached hydrogens (tertiary/aromatic N) is 1. The van der Waals surface area contributed by atoms with Gasteiger partial charge in [0.05, 0.1) is 26.2 Å². The largest absolute Gasteiger partial charge is 0.360 e. The number of quaternary nitrogens is 2. The molecule has 22 heavy (non-hydrogen) atoms. The van der Waals surface area contributed by atoms with Crippen LogP contribution < -0.4 is 15.5 Å². The van der Waals surface area contributed by atoms with Crippen molar-refractivity contribution in [2.75, 3.05) is 37.6 Å². The van der Waals surface area contributed by atoms with Crippen molar-refractivity contribution in [2.24, 2.45) is 0 Å². The molecule has 0 saturated carbocycles. The number of nitrogens with one attached hydrogen (secondary N) is 1. The number of anilines is 1. The van der Waals surface area contributed by atoms with Crippen LogP contribution in [0.4, 0.5) is 5.69 Å². The zero-order valence-corrected chi connectivity index (χ0v) is 13.6. The standard InChI is InChI=1S/C18H22ClN3/c19-16-7-4-8-17(13-16)21-9-11-22(12-10-21)18(14-20)15-5-2-1-3-6-15/h1-8,13,18H,9-12,14,20H2/p+2/t18-/m0/s1. The van der Waals surface area contributed by atoms with E-state index in [0.717, 1.165) is 37.7 Å². The molecule has 0 bridgehead atoms. The van der Waals surface area contributed by atoms with Crippen LogP contribution in [0.3, 0.4) is 0 Å². The summed E-state index contributed by atoms with van der Waals surface area (Å²) in [6, 6.07) is 19.5. The molecular weight excluding hydrogens is 294 g/mol. The Bertz CT molecular complexity index is 594. The van der Waals surface area contributed by atoms with E-state index in [2.05, 4.69) is 53.1 Å². The van der Waals surface area contributed by atoms with E-state index in [0.29, 0.717) is 6.04 Å². The monoisotopic (exact) mass is 317 g/mol. The zero-order chi connectivity index (χ0) is 15.4. The van der Waals surface area contributed by atoms with E-state index in [1.165, 1.54) is 11.3 Å². The van der Waals surface area contributed by atoms with Gasteiger partial charge in [0.2, 0.25) is 0 Å². The molecule has 0 aliphatic carbocycles. The van der Waals surface area contributed by atoms with Gasteiger partial charge >= 0.3 is 0 Å². The van der Waals surface area contributed by atoms with Gasteiger partial charge in [-0.05, 0) is 18.2 Å². The van der Waals surface area contributed by atoms with Crippen molar-refractivity contribution in [2.45, 2.75) is 6.04 Å². The summed E-state index contributed by atoms with van der Waals surface area (Å²) in [6.45, 7) is 5.36. The van der Waals surface area contributed by atoms with Gasteiger partial charge in [0.1, 0.15) is 6.54 Å². The molecule has 0 spiro atoms. The Balaban J connectivity index is 1.66. The lowest BCUT2D eigenvalue weighted by Gasteiger charge is -2.36. The van der Waals surface area contributed by atoms with Crippen LogP contribution in [0.5, 0.6) is 0 Å². The van der Waals surface area contributed by atoms with E-state index in [1.807, 2.05) is 12.1 Å². The van der Waals surface area contributed by atoms with Gasteiger partial charge < -0.3 is 15.5 Å². The average Bonchev–Trinajstić information content (AvgIpc) is 2.57. The number of hydrogen-bond donors (Lipinski definition) is 2. The number of hydrogen-bond acceptors (Lipinski definition) is 1. The van der Waals surface area contributed by atoms with Crippen LogP contribution in [0, 0.1) is 0 Å². The summed E-state index contributed by atoms with van der Waals surface area (Å²) in [5.41, 5.74) is 6.81. The van der Waals surface area contributed by atoms with Crippen molar-refractivity contribution in [3.05, 3.63) is 65.2 Å². The van der Waals surface area contributed by atoms with Crippen molar-refractivity contribution in [3.63, 3.8) is 0 Å². The van der Waals surface area contributed by atoms with Crippen LogP contribution in [0.25, 0.3) is 0 Å². The Morgan fingerprint density at radius 3 is 2.41 bits per heavy atom. The van der Waals surface area contributed by atoms with Crippen LogP contribution >= 0.6 is 11.6 Å². The molecule has 4 N–H and O–H groups in total. The fourth-order valence-corrected chi connectivity index (χ4v) is 3.55. The molecule has 0 aromatic heterocycles. The third-order valence-electron chi connectivity index (χ3n) is 4.56. The second-order valence-electron chi connectivity index (χ2n) is 5.88. The molecule has 4 heteroatoms. The van der Waals surface area contributed by atoms with Crippen molar-refractivity contribution >= 4 is 17.3 Å². The summed E-state index contributed by atoms with van der Waals surface area (Å²) in [5.74, 6) is 0. The molecule has 1 saturated heterocycles. The fourth-order valence-electron chi connectivity index (χ4n) is 3.37. The minimum atomic E-state index is 0.503. The van der Waals surface area contributed by atoms with Gasteiger partial charge in [-0.25, -0.2) is 0 Å². The van der Waals surface area contributed by atoms with Gasteiger partial charge in [0.15, 0.2) is 6.04 Å². The molecular formula is C18H24ClN3+2. The number of halogens is 1. The summed E-state index contributed by atoms with van der Waals surface area (Å²) in [6.07, 6.45) is 0. The first-order chi connectivity index (χ1) is 10.8. The van der Waals surface area contributed by atoms with Crippen LogP contribution in [-0.4, -0.2) is 32.7 Å². The number of rotatable bonds is 4. The van der Waals surface area contributed by atoms with Crippen LogP contribution in [0.1, 0.15) is 11.6 Å². The van der Waals surface area contributed by atoms with Gasteiger partial charge in [-0.3, -0.25) is 0 Å². The Kier molecular flexibility index (Phi) is 4.98. The quantitative estimate of drug-likeness (QED) is 0.868. The van der Waals surface area contributed by atoms with Crippen molar-refractivity contribution in [1.82, 2.24) is 0 Å². The van der Waals surface area contributed by atoms with E-state index >= 15 is 0 Å². The zero-order valence-electron chi connectivity index (χ0n) is 12.8. The highest BCUT2D eigenvalue weighted by molar-refractivity contribution is 6.30. The first kappa shape index (κ1) is 15.3. The molecule has 1 fully saturated rings. The van der Waals surface area contributed by atoms with Crippen LogP contribution in [0.15, 0.2) is 54.6 Å². The van der Waals surface area contributed by atoms with Crippen molar-refractivity contribution < 1.29 is 10.6 Å². The minimum Gasteiger partial charge on any atom is -0.360 e. The molecule has 2 aromatic carbocycles. The van der Waals surface area contributed by atoms with E-state index in [9.17, 15) is 0 Å². The minimum absolute atomic E-state index is 0.503. The summed E-state index contributed by atoms with van der Waals surface area (Å²) in [5, 5.41) is 0.812. The Morgan fingerprint density at radius 1 is 1.05 bits per heavy atom. The van der Waals surface area contributed by atoms with Crippen LogP contribution in [-0.2, 0) is 0 Å². The second kappa shape index (κ2) is 7.14. The predicted molar refractivity (Wildman–Crippen MR) is 91.3 cm³/mol. The highest BCUT2D eigenvalue weighted by Crippen LogP contribution is 2.19. The maximum Gasteiger partial charge on any atom is 0.163 e. The molecule has 1 aliphatic heterocycles. The van der Waals surface area contributed by atoms with E-state index in [4.69, 9.17) is 11.6 Å². The van der Waals surface area contributed by atoms with E-state index in [-0.39, 0.29) is 0 Å². The third-order valence-corrected chi connectivity index (χ3v) is 4.80. The highest BCUT2D eigenvalue weighted by atomic mass is 35.5. The van der Waals surface area contributed by atoms with Gasteiger partial charge in [-0.2, -0.15) is 0 Å². The molecule has 0 amide bonds. The lowest BCUT2D eigenvalue weighted by atomic mass is 10.0. The maximum absolute atomic E-state index is 6.11. The number of benzene rings is 2. The molecule has 0 unspecified atom stereocenters. The second-order valence-corrected chi connectivity index (χ2v) is 6.31. The smallest absolute Gasteiger partial charge is 0.163 e. The predicted octanol–water partition coefficient (Wildman–Crippen LogP) is 1.03.